The van der Waals surface area contributed by atoms with Crippen molar-refractivity contribution in [2.24, 2.45) is 5.92 Å². The smallest absolute Gasteiger partial charge is 0.163 e. The molecule has 0 aromatic heterocycles. The van der Waals surface area contributed by atoms with Crippen LogP contribution in [0.3, 0.4) is 0 Å². The van der Waals surface area contributed by atoms with Crippen LogP contribution in [0.4, 0.5) is 0 Å². The topological polar surface area (TPSA) is 17.1 Å². The lowest BCUT2D eigenvalue weighted by atomic mass is 9.83. The molecule has 0 spiro atoms. The van der Waals surface area contributed by atoms with Gasteiger partial charge in [-0.25, -0.2) is 0 Å². The van der Waals surface area contributed by atoms with Gasteiger partial charge in [0.15, 0.2) is 5.78 Å². The number of ketones is 1. The second-order valence-electron chi connectivity index (χ2n) is 7.22. The van der Waals surface area contributed by atoms with Gasteiger partial charge < -0.3 is 0 Å². The first-order valence-corrected chi connectivity index (χ1v) is 8.57. The molecule has 1 aromatic carbocycles. The summed E-state index contributed by atoms with van der Waals surface area (Å²) >= 11 is 0. The van der Waals surface area contributed by atoms with Crippen LogP contribution in [-0.4, -0.2) is 5.78 Å². The van der Waals surface area contributed by atoms with Crippen molar-refractivity contribution in [1.82, 2.24) is 0 Å². The molecule has 1 aliphatic rings. The molecule has 1 heteroatoms. The van der Waals surface area contributed by atoms with Gasteiger partial charge in [-0.15, -0.1) is 0 Å². The maximum atomic E-state index is 12.6. The Hall–Kier alpha value is -1.11. The van der Waals surface area contributed by atoms with Gasteiger partial charge in [0.05, 0.1) is 0 Å². The molecule has 0 N–H and O–H groups in total. The van der Waals surface area contributed by atoms with E-state index in [1.807, 2.05) is 0 Å². The third-order valence-corrected chi connectivity index (χ3v) is 4.68. The number of carbonyl (C=O) groups excluding carboxylic acids is 1. The minimum atomic E-state index is 0.333. The molecule has 0 atom stereocenters. The van der Waals surface area contributed by atoms with Crippen LogP contribution in [0, 0.1) is 12.0 Å². The summed E-state index contributed by atoms with van der Waals surface area (Å²) in [4.78, 5) is 12.6. The summed E-state index contributed by atoms with van der Waals surface area (Å²) < 4.78 is 0. The van der Waals surface area contributed by atoms with Crippen LogP contribution in [0.1, 0.15) is 99.5 Å². The van der Waals surface area contributed by atoms with Crippen molar-refractivity contribution >= 4 is 5.78 Å². The second kappa shape index (κ2) is 7.24. The van der Waals surface area contributed by atoms with E-state index in [1.165, 1.54) is 43.2 Å². The molecule has 0 heterocycles. The first-order valence-electron chi connectivity index (χ1n) is 8.57. The molecule has 0 unspecified atom stereocenters. The summed E-state index contributed by atoms with van der Waals surface area (Å²) in [7, 11) is 0. The van der Waals surface area contributed by atoms with Gasteiger partial charge in [0.2, 0.25) is 0 Å². The predicted octanol–water partition coefficient (Wildman–Crippen LogP) is 5.89. The van der Waals surface area contributed by atoms with Crippen molar-refractivity contribution in [3.8, 4) is 0 Å². The van der Waals surface area contributed by atoms with Gasteiger partial charge in [0.1, 0.15) is 0 Å². The molecule has 0 aliphatic heterocycles. The molecular formula is C20H29O. The highest BCUT2D eigenvalue weighted by Gasteiger charge is 2.19. The minimum Gasteiger partial charge on any atom is -0.294 e. The Bertz CT molecular complexity index is 452. The predicted molar refractivity (Wildman–Crippen MR) is 89.0 cm³/mol. The fourth-order valence-electron chi connectivity index (χ4n) is 3.17. The molecule has 1 aliphatic carbocycles. The number of carbonyl (C=O) groups is 1. The highest BCUT2D eigenvalue weighted by Crippen LogP contribution is 2.29. The Kier molecular flexibility index (Phi) is 5.61. The first-order chi connectivity index (χ1) is 9.97. The van der Waals surface area contributed by atoms with Gasteiger partial charge in [0, 0.05) is 12.0 Å². The largest absolute Gasteiger partial charge is 0.294 e. The van der Waals surface area contributed by atoms with E-state index in [-0.39, 0.29) is 0 Å². The normalized spacial score (nSPS) is 16.7. The molecule has 1 fully saturated rings. The Morgan fingerprint density at radius 3 is 2.05 bits per heavy atom. The average Bonchev–Trinajstić information content (AvgIpc) is 2.47. The molecule has 1 aromatic rings. The van der Waals surface area contributed by atoms with Gasteiger partial charge in [-0.1, -0.05) is 59.8 Å². The number of hydrogen-bond acceptors (Lipinski definition) is 1. The molecular weight excluding hydrogens is 256 g/mol. The standard InChI is InChI=1S/C20H29O/c1-14(2)17-11-18(15(3)4)13-19(12-17)20(21)10-16-8-6-5-7-9-16/h12-16H,5-10H2,1-4H3. The van der Waals surface area contributed by atoms with Crippen molar-refractivity contribution in [3.05, 3.63) is 34.9 Å². The second-order valence-corrected chi connectivity index (χ2v) is 7.22. The fraction of sp³-hybridized carbons (Fsp3) is 0.650. The first kappa shape index (κ1) is 16.3. The van der Waals surface area contributed by atoms with E-state index in [0.29, 0.717) is 23.5 Å². The van der Waals surface area contributed by atoms with E-state index in [4.69, 9.17) is 0 Å². The lowest BCUT2D eigenvalue weighted by molar-refractivity contribution is 0.0950. The van der Waals surface area contributed by atoms with E-state index in [9.17, 15) is 4.79 Å². The monoisotopic (exact) mass is 285 g/mol. The van der Waals surface area contributed by atoms with Crippen molar-refractivity contribution in [2.45, 2.75) is 78.1 Å². The minimum absolute atomic E-state index is 0.333. The van der Waals surface area contributed by atoms with Crippen LogP contribution in [0.5, 0.6) is 0 Å². The van der Waals surface area contributed by atoms with Crippen LogP contribution < -0.4 is 0 Å². The summed E-state index contributed by atoms with van der Waals surface area (Å²) in [6.45, 7) is 8.69. The molecule has 2 rings (SSSR count). The van der Waals surface area contributed by atoms with Gasteiger partial charge in [-0.3, -0.25) is 4.79 Å². The zero-order chi connectivity index (χ0) is 15.4. The Morgan fingerprint density at radius 1 is 1.05 bits per heavy atom. The van der Waals surface area contributed by atoms with Gasteiger partial charge in [-0.2, -0.15) is 0 Å². The molecule has 0 bridgehead atoms. The number of rotatable bonds is 5. The van der Waals surface area contributed by atoms with E-state index in [1.54, 1.807) is 0 Å². The van der Waals surface area contributed by atoms with Gasteiger partial charge in [-0.05, 0) is 47.1 Å². The number of hydrogen-bond donors (Lipinski definition) is 0. The van der Waals surface area contributed by atoms with Crippen molar-refractivity contribution in [3.63, 3.8) is 0 Å². The number of benzene rings is 1. The summed E-state index contributed by atoms with van der Waals surface area (Å²) in [6, 6.07) is 7.63. The van der Waals surface area contributed by atoms with E-state index in [0.717, 1.165) is 12.0 Å². The summed E-state index contributed by atoms with van der Waals surface area (Å²) in [5.74, 6) is 1.79. The van der Waals surface area contributed by atoms with Crippen LogP contribution >= 0.6 is 0 Å². The molecule has 1 saturated carbocycles. The summed E-state index contributed by atoms with van der Waals surface area (Å²) in [6.07, 6.45) is 7.15. The summed E-state index contributed by atoms with van der Waals surface area (Å²) in [5, 5.41) is 0. The van der Waals surface area contributed by atoms with Gasteiger partial charge >= 0.3 is 0 Å². The highest BCUT2D eigenvalue weighted by atomic mass is 16.1. The van der Waals surface area contributed by atoms with Crippen LogP contribution in [-0.2, 0) is 0 Å². The zero-order valence-corrected chi connectivity index (χ0v) is 14.0. The molecule has 21 heavy (non-hydrogen) atoms. The maximum absolute atomic E-state index is 12.6. The zero-order valence-electron chi connectivity index (χ0n) is 14.0. The van der Waals surface area contributed by atoms with Crippen molar-refractivity contribution in [1.29, 1.82) is 0 Å². The Labute approximate surface area is 130 Å². The number of Topliss-reactive ketones (excluding diaryl/α,β-unsaturated/α-hetero) is 1. The Balaban J connectivity index is 2.18. The lowest BCUT2D eigenvalue weighted by Crippen LogP contribution is -2.13. The third-order valence-electron chi connectivity index (χ3n) is 4.68. The average molecular weight is 285 g/mol. The highest BCUT2D eigenvalue weighted by molar-refractivity contribution is 5.96. The SMILES string of the molecule is CC(C)c1[c]c(C(C)C)cc(C(=O)CC2CCCCC2)c1. The van der Waals surface area contributed by atoms with Gasteiger partial charge in [0.25, 0.3) is 0 Å². The molecule has 1 radical (unpaired) electrons. The van der Waals surface area contributed by atoms with E-state index >= 15 is 0 Å². The van der Waals surface area contributed by atoms with Crippen LogP contribution in [0.15, 0.2) is 12.1 Å². The fourth-order valence-corrected chi connectivity index (χ4v) is 3.17. The molecule has 1 nitrogen and oxygen atoms in total. The molecule has 115 valence electrons. The lowest BCUT2D eigenvalue weighted by Gasteiger charge is -2.21. The van der Waals surface area contributed by atoms with Crippen LogP contribution in [0.25, 0.3) is 0 Å². The van der Waals surface area contributed by atoms with Crippen LogP contribution in [0.2, 0.25) is 0 Å². The quantitative estimate of drug-likeness (QED) is 0.617. The van der Waals surface area contributed by atoms with Crippen molar-refractivity contribution < 1.29 is 4.79 Å². The van der Waals surface area contributed by atoms with Crippen molar-refractivity contribution in [2.75, 3.05) is 0 Å². The van der Waals surface area contributed by atoms with E-state index < -0.39 is 0 Å². The maximum Gasteiger partial charge on any atom is 0.163 e. The molecule has 0 amide bonds. The Morgan fingerprint density at radius 2 is 1.57 bits per heavy atom. The third kappa shape index (κ3) is 4.43. The van der Waals surface area contributed by atoms with E-state index in [2.05, 4.69) is 45.9 Å². The summed E-state index contributed by atoms with van der Waals surface area (Å²) in [5.41, 5.74) is 3.26. The molecule has 0 saturated heterocycles.